The molecule has 0 aromatic carbocycles. The molecule has 0 bridgehead atoms. The van der Waals surface area contributed by atoms with Crippen LogP contribution in [-0.4, -0.2) is 17.5 Å². The summed E-state index contributed by atoms with van der Waals surface area (Å²) in [5.41, 5.74) is 0.670. The van der Waals surface area contributed by atoms with Crippen LogP contribution in [0, 0.1) is 0 Å². The van der Waals surface area contributed by atoms with Gasteiger partial charge in [-0.15, -0.1) is 11.8 Å². The van der Waals surface area contributed by atoms with Crippen molar-refractivity contribution in [2.75, 3.05) is 5.75 Å². The summed E-state index contributed by atoms with van der Waals surface area (Å²) in [5.74, 6) is -2.12. The average Bonchev–Trinajstić information content (AvgIpc) is 2.34. The SMILES string of the molecule is FC(=C1CSC=N1)C(F)(F)F. The summed E-state index contributed by atoms with van der Waals surface area (Å²) in [7, 11) is 0. The molecular weight excluding hydrogens is 182 g/mol. The Kier molecular flexibility index (Phi) is 2.22. The maximum atomic E-state index is 12.2. The van der Waals surface area contributed by atoms with Crippen molar-refractivity contribution in [1.29, 1.82) is 0 Å². The van der Waals surface area contributed by atoms with Gasteiger partial charge >= 0.3 is 6.18 Å². The molecule has 0 aromatic heterocycles. The van der Waals surface area contributed by atoms with E-state index in [9.17, 15) is 17.6 Å². The smallest absolute Gasteiger partial charge is 0.250 e. The summed E-state index contributed by atoms with van der Waals surface area (Å²) in [6, 6.07) is 0. The molecule has 1 aliphatic heterocycles. The predicted molar refractivity (Wildman–Crippen MR) is 35.1 cm³/mol. The number of hydrogen-bond acceptors (Lipinski definition) is 2. The van der Waals surface area contributed by atoms with Crippen LogP contribution in [0.25, 0.3) is 0 Å². The molecule has 0 saturated carbocycles. The normalized spacial score (nSPS) is 22.5. The molecule has 0 saturated heterocycles. The highest BCUT2D eigenvalue weighted by Gasteiger charge is 2.37. The van der Waals surface area contributed by atoms with Crippen LogP contribution in [0.2, 0.25) is 0 Å². The molecule has 1 rings (SSSR count). The maximum absolute atomic E-state index is 12.2. The number of halogens is 4. The lowest BCUT2D eigenvalue weighted by atomic mass is 10.4. The topological polar surface area (TPSA) is 12.4 Å². The number of aliphatic imine (C=N–C) groups is 1. The van der Waals surface area contributed by atoms with Gasteiger partial charge in [0.25, 0.3) is 0 Å². The maximum Gasteiger partial charge on any atom is 0.444 e. The Labute approximate surface area is 64.2 Å². The van der Waals surface area contributed by atoms with Crippen LogP contribution in [0.5, 0.6) is 0 Å². The number of alkyl halides is 3. The van der Waals surface area contributed by atoms with E-state index in [1.807, 2.05) is 0 Å². The zero-order chi connectivity index (χ0) is 8.48. The Morgan fingerprint density at radius 1 is 1.55 bits per heavy atom. The molecule has 0 unspecified atom stereocenters. The van der Waals surface area contributed by atoms with Gasteiger partial charge in [0.15, 0.2) is 0 Å². The van der Waals surface area contributed by atoms with E-state index in [0.717, 1.165) is 11.8 Å². The Morgan fingerprint density at radius 3 is 2.55 bits per heavy atom. The van der Waals surface area contributed by atoms with Gasteiger partial charge in [0.1, 0.15) is 0 Å². The third kappa shape index (κ3) is 1.95. The fourth-order valence-corrected chi connectivity index (χ4v) is 1.17. The van der Waals surface area contributed by atoms with Crippen LogP contribution in [0.4, 0.5) is 17.6 Å². The van der Waals surface area contributed by atoms with Crippen molar-refractivity contribution >= 4 is 17.3 Å². The summed E-state index contributed by atoms with van der Waals surface area (Å²) >= 11 is 1.04. The number of hydrogen-bond donors (Lipinski definition) is 0. The molecule has 0 amide bonds. The lowest BCUT2D eigenvalue weighted by molar-refractivity contribution is -0.109. The Morgan fingerprint density at radius 2 is 2.18 bits per heavy atom. The average molecular weight is 185 g/mol. The van der Waals surface area contributed by atoms with Gasteiger partial charge in [-0.1, -0.05) is 0 Å². The second-order valence-electron chi connectivity index (χ2n) is 1.80. The van der Waals surface area contributed by atoms with E-state index < -0.39 is 17.7 Å². The first-order chi connectivity index (χ1) is 5.02. The number of rotatable bonds is 0. The van der Waals surface area contributed by atoms with Crippen LogP contribution >= 0.6 is 11.8 Å². The highest BCUT2D eigenvalue weighted by Crippen LogP contribution is 2.32. The highest BCUT2D eigenvalue weighted by atomic mass is 32.2. The summed E-state index contributed by atoms with van der Waals surface area (Å²) < 4.78 is 47.0. The van der Waals surface area contributed by atoms with Crippen molar-refractivity contribution in [3.63, 3.8) is 0 Å². The van der Waals surface area contributed by atoms with Gasteiger partial charge in [-0.25, -0.2) is 0 Å². The van der Waals surface area contributed by atoms with E-state index in [2.05, 4.69) is 4.99 Å². The van der Waals surface area contributed by atoms with E-state index in [0.29, 0.717) is 0 Å². The van der Waals surface area contributed by atoms with Gasteiger partial charge < -0.3 is 0 Å². The van der Waals surface area contributed by atoms with Crippen LogP contribution in [-0.2, 0) is 0 Å². The zero-order valence-electron chi connectivity index (χ0n) is 5.15. The fraction of sp³-hybridized carbons (Fsp3) is 0.400. The van der Waals surface area contributed by atoms with Gasteiger partial charge in [0.2, 0.25) is 5.83 Å². The second kappa shape index (κ2) is 2.84. The van der Waals surface area contributed by atoms with E-state index >= 15 is 0 Å². The van der Waals surface area contributed by atoms with Crippen LogP contribution in [0.3, 0.4) is 0 Å². The molecule has 0 fully saturated rings. The van der Waals surface area contributed by atoms with E-state index in [1.54, 1.807) is 0 Å². The fourth-order valence-electron chi connectivity index (χ4n) is 0.538. The molecule has 1 heterocycles. The van der Waals surface area contributed by atoms with E-state index in [4.69, 9.17) is 0 Å². The van der Waals surface area contributed by atoms with Crippen LogP contribution < -0.4 is 0 Å². The molecule has 0 radical (unpaired) electrons. The van der Waals surface area contributed by atoms with Crippen molar-refractivity contribution in [2.45, 2.75) is 6.18 Å². The van der Waals surface area contributed by atoms with Gasteiger partial charge in [-0.3, -0.25) is 4.99 Å². The van der Waals surface area contributed by atoms with Gasteiger partial charge in [-0.2, -0.15) is 17.6 Å². The van der Waals surface area contributed by atoms with Crippen molar-refractivity contribution < 1.29 is 17.6 Å². The molecule has 11 heavy (non-hydrogen) atoms. The monoisotopic (exact) mass is 185 g/mol. The van der Waals surface area contributed by atoms with Crippen LogP contribution in [0.15, 0.2) is 16.5 Å². The first kappa shape index (κ1) is 8.58. The standard InChI is InChI=1S/C5H3F4NS/c6-4(5(7,8)9)3-1-11-2-10-3/h2H,1H2. The molecule has 1 aliphatic rings. The number of nitrogens with zero attached hydrogens (tertiary/aromatic N) is 1. The molecule has 1 nitrogen and oxygen atoms in total. The lowest BCUT2D eigenvalue weighted by Gasteiger charge is -2.03. The first-order valence-corrected chi connectivity index (χ1v) is 3.66. The summed E-state index contributed by atoms with van der Waals surface area (Å²) in [4.78, 5) is 3.22. The Balaban J connectivity index is 2.87. The highest BCUT2D eigenvalue weighted by molar-refractivity contribution is 8.12. The van der Waals surface area contributed by atoms with Gasteiger partial charge in [0.05, 0.1) is 11.2 Å². The number of allylic oxidation sites excluding steroid dienone is 1. The van der Waals surface area contributed by atoms with Crippen molar-refractivity contribution in [1.82, 2.24) is 0 Å². The van der Waals surface area contributed by atoms with E-state index in [-0.39, 0.29) is 5.75 Å². The van der Waals surface area contributed by atoms with Crippen molar-refractivity contribution in [3.05, 3.63) is 11.5 Å². The minimum absolute atomic E-state index is 0.0364. The molecule has 0 aromatic rings. The predicted octanol–water partition coefficient (Wildman–Crippen LogP) is 2.50. The summed E-state index contributed by atoms with van der Waals surface area (Å²) in [5, 5.41) is 0. The molecule has 0 spiro atoms. The van der Waals surface area contributed by atoms with Gasteiger partial charge in [-0.05, 0) is 0 Å². The minimum Gasteiger partial charge on any atom is -0.250 e. The first-order valence-electron chi connectivity index (χ1n) is 2.62. The van der Waals surface area contributed by atoms with E-state index in [1.165, 1.54) is 5.55 Å². The molecule has 0 atom stereocenters. The summed E-state index contributed by atoms with van der Waals surface area (Å²) in [6.07, 6.45) is -4.89. The Hall–Kier alpha value is -0.520. The minimum atomic E-state index is -4.89. The second-order valence-corrected chi connectivity index (χ2v) is 2.64. The lowest BCUT2D eigenvalue weighted by Crippen LogP contribution is -2.10. The zero-order valence-corrected chi connectivity index (χ0v) is 5.97. The summed E-state index contributed by atoms with van der Waals surface area (Å²) in [6.45, 7) is 0. The van der Waals surface area contributed by atoms with Crippen LogP contribution in [0.1, 0.15) is 0 Å². The number of thioether (sulfide) groups is 1. The largest absolute Gasteiger partial charge is 0.444 e. The molecule has 62 valence electrons. The third-order valence-corrected chi connectivity index (χ3v) is 1.70. The molecule has 6 heteroatoms. The Bertz CT molecular complexity index is 217. The molecule has 0 N–H and O–H groups in total. The van der Waals surface area contributed by atoms with Gasteiger partial charge in [0, 0.05) is 5.75 Å². The van der Waals surface area contributed by atoms with Crippen molar-refractivity contribution in [2.24, 2.45) is 4.99 Å². The quantitative estimate of drug-likeness (QED) is 0.528. The van der Waals surface area contributed by atoms with Crippen molar-refractivity contribution in [3.8, 4) is 0 Å². The molecule has 0 aliphatic carbocycles. The molecular formula is C5H3F4NS. The third-order valence-electron chi connectivity index (χ3n) is 1.01.